The SMILES string of the molecule is Brc1ccc(-c2ccccc2)c2c1oc1cc3ccccc3cc12. The summed E-state index contributed by atoms with van der Waals surface area (Å²) in [4.78, 5) is 0. The predicted octanol–water partition coefficient (Wildman–Crippen LogP) is 7.17. The van der Waals surface area contributed by atoms with Crippen molar-refractivity contribution >= 4 is 48.6 Å². The van der Waals surface area contributed by atoms with Gasteiger partial charge in [-0.15, -0.1) is 0 Å². The average molecular weight is 373 g/mol. The molecule has 0 saturated carbocycles. The lowest BCUT2D eigenvalue weighted by Crippen LogP contribution is -1.80. The van der Waals surface area contributed by atoms with Gasteiger partial charge in [-0.1, -0.05) is 60.7 Å². The van der Waals surface area contributed by atoms with E-state index in [-0.39, 0.29) is 0 Å². The number of hydrogen-bond acceptors (Lipinski definition) is 1. The van der Waals surface area contributed by atoms with Crippen molar-refractivity contribution in [2.45, 2.75) is 0 Å². The maximum Gasteiger partial charge on any atom is 0.150 e. The molecule has 1 heterocycles. The van der Waals surface area contributed by atoms with Crippen molar-refractivity contribution in [3.8, 4) is 11.1 Å². The van der Waals surface area contributed by atoms with E-state index in [9.17, 15) is 0 Å². The quantitative estimate of drug-likeness (QED) is 0.304. The second-order valence-corrected chi connectivity index (χ2v) is 6.82. The number of fused-ring (bicyclic) bond motifs is 4. The third-order valence-electron chi connectivity index (χ3n) is 4.52. The zero-order chi connectivity index (χ0) is 16.1. The molecule has 0 bridgehead atoms. The van der Waals surface area contributed by atoms with E-state index in [4.69, 9.17) is 4.42 Å². The lowest BCUT2D eigenvalue weighted by molar-refractivity contribution is 0.667. The van der Waals surface area contributed by atoms with Gasteiger partial charge >= 0.3 is 0 Å². The molecule has 2 heteroatoms. The van der Waals surface area contributed by atoms with Crippen LogP contribution in [0.2, 0.25) is 0 Å². The van der Waals surface area contributed by atoms with Gasteiger partial charge in [0.25, 0.3) is 0 Å². The normalized spacial score (nSPS) is 11.5. The van der Waals surface area contributed by atoms with Crippen LogP contribution in [0.5, 0.6) is 0 Å². The molecule has 0 amide bonds. The molecule has 0 aliphatic carbocycles. The van der Waals surface area contributed by atoms with Gasteiger partial charge in [0, 0.05) is 10.8 Å². The van der Waals surface area contributed by atoms with E-state index in [1.54, 1.807) is 0 Å². The predicted molar refractivity (Wildman–Crippen MR) is 104 cm³/mol. The minimum absolute atomic E-state index is 0.904. The maximum absolute atomic E-state index is 6.21. The Morgan fingerprint density at radius 1 is 0.708 bits per heavy atom. The Morgan fingerprint density at radius 2 is 1.42 bits per heavy atom. The van der Waals surface area contributed by atoms with Crippen molar-refractivity contribution in [3.63, 3.8) is 0 Å². The molecule has 24 heavy (non-hydrogen) atoms. The van der Waals surface area contributed by atoms with Crippen molar-refractivity contribution in [1.82, 2.24) is 0 Å². The summed E-state index contributed by atoms with van der Waals surface area (Å²) >= 11 is 3.64. The van der Waals surface area contributed by atoms with Crippen LogP contribution in [-0.4, -0.2) is 0 Å². The first-order valence-electron chi connectivity index (χ1n) is 7.90. The topological polar surface area (TPSA) is 13.1 Å². The van der Waals surface area contributed by atoms with Crippen molar-refractivity contribution in [1.29, 1.82) is 0 Å². The van der Waals surface area contributed by atoms with Crippen molar-refractivity contribution < 1.29 is 4.42 Å². The fourth-order valence-electron chi connectivity index (χ4n) is 3.39. The molecule has 114 valence electrons. The molecule has 0 radical (unpaired) electrons. The van der Waals surface area contributed by atoms with Crippen LogP contribution >= 0.6 is 15.9 Å². The van der Waals surface area contributed by atoms with E-state index < -0.39 is 0 Å². The zero-order valence-electron chi connectivity index (χ0n) is 12.8. The standard InChI is InChI=1S/C22H13BrO/c23-19-11-10-17(14-6-2-1-3-7-14)21-18-12-15-8-4-5-9-16(15)13-20(18)24-22(19)21/h1-13H. The molecule has 5 rings (SSSR count). The highest BCUT2D eigenvalue weighted by molar-refractivity contribution is 9.10. The summed E-state index contributed by atoms with van der Waals surface area (Å²) in [5.41, 5.74) is 4.23. The van der Waals surface area contributed by atoms with Crippen molar-refractivity contribution in [2.75, 3.05) is 0 Å². The second-order valence-electron chi connectivity index (χ2n) is 5.96. The summed E-state index contributed by atoms with van der Waals surface area (Å²) in [6.07, 6.45) is 0. The summed E-state index contributed by atoms with van der Waals surface area (Å²) in [7, 11) is 0. The number of hydrogen-bond donors (Lipinski definition) is 0. The van der Waals surface area contributed by atoms with Crippen LogP contribution in [0.4, 0.5) is 0 Å². The Kier molecular flexibility index (Phi) is 3.00. The van der Waals surface area contributed by atoms with Crippen LogP contribution in [0.1, 0.15) is 0 Å². The Morgan fingerprint density at radius 3 is 2.21 bits per heavy atom. The summed E-state index contributed by atoms with van der Waals surface area (Å²) in [6, 6.07) is 27.4. The van der Waals surface area contributed by atoms with E-state index >= 15 is 0 Å². The molecule has 0 fully saturated rings. The van der Waals surface area contributed by atoms with Crippen molar-refractivity contribution in [2.24, 2.45) is 0 Å². The van der Waals surface area contributed by atoms with Gasteiger partial charge in [-0.05, 0) is 56.0 Å². The van der Waals surface area contributed by atoms with E-state index in [1.807, 2.05) is 6.07 Å². The summed E-state index contributed by atoms with van der Waals surface area (Å²) in [6.45, 7) is 0. The molecule has 1 aromatic heterocycles. The summed E-state index contributed by atoms with van der Waals surface area (Å²) in [5, 5.41) is 4.74. The number of benzene rings is 4. The van der Waals surface area contributed by atoms with E-state index in [1.165, 1.54) is 21.9 Å². The largest absolute Gasteiger partial charge is 0.455 e. The molecule has 0 aliphatic rings. The third-order valence-corrected chi connectivity index (χ3v) is 5.15. The Bertz CT molecular complexity index is 1200. The van der Waals surface area contributed by atoms with Crippen LogP contribution in [0.3, 0.4) is 0 Å². The van der Waals surface area contributed by atoms with Crippen LogP contribution < -0.4 is 0 Å². The third kappa shape index (κ3) is 2.00. The molecule has 0 N–H and O–H groups in total. The van der Waals surface area contributed by atoms with E-state index in [2.05, 4.69) is 88.7 Å². The van der Waals surface area contributed by atoms with Gasteiger partial charge in [0.1, 0.15) is 11.2 Å². The van der Waals surface area contributed by atoms with Gasteiger partial charge < -0.3 is 4.42 Å². The molecule has 5 aromatic rings. The molecular formula is C22H13BrO. The molecule has 1 nitrogen and oxygen atoms in total. The van der Waals surface area contributed by atoms with Crippen LogP contribution in [0.25, 0.3) is 43.8 Å². The van der Waals surface area contributed by atoms with Crippen molar-refractivity contribution in [3.05, 3.63) is 83.3 Å². The first kappa shape index (κ1) is 13.8. The molecule has 0 atom stereocenters. The highest BCUT2D eigenvalue weighted by Crippen LogP contribution is 2.41. The average Bonchev–Trinajstić information content (AvgIpc) is 3.00. The number of furan rings is 1. The minimum Gasteiger partial charge on any atom is -0.455 e. The molecule has 0 spiro atoms. The van der Waals surface area contributed by atoms with Gasteiger partial charge in [0.05, 0.1) is 4.47 Å². The van der Waals surface area contributed by atoms with E-state index in [0.29, 0.717) is 0 Å². The fourth-order valence-corrected chi connectivity index (χ4v) is 3.80. The lowest BCUT2D eigenvalue weighted by Gasteiger charge is -2.05. The summed E-state index contributed by atoms with van der Waals surface area (Å²) in [5.74, 6) is 0. The van der Waals surface area contributed by atoms with Gasteiger partial charge in [-0.25, -0.2) is 0 Å². The Balaban J connectivity index is 1.98. The summed E-state index contributed by atoms with van der Waals surface area (Å²) < 4.78 is 7.19. The number of rotatable bonds is 1. The molecule has 0 unspecified atom stereocenters. The first-order chi connectivity index (χ1) is 11.8. The van der Waals surface area contributed by atoms with Crippen LogP contribution in [0.15, 0.2) is 87.8 Å². The van der Waals surface area contributed by atoms with Gasteiger partial charge in [0.2, 0.25) is 0 Å². The van der Waals surface area contributed by atoms with Crippen LogP contribution in [-0.2, 0) is 0 Å². The monoisotopic (exact) mass is 372 g/mol. The van der Waals surface area contributed by atoms with Gasteiger partial charge in [0.15, 0.2) is 0 Å². The smallest absolute Gasteiger partial charge is 0.150 e. The molecule has 0 saturated heterocycles. The zero-order valence-corrected chi connectivity index (χ0v) is 14.4. The maximum atomic E-state index is 6.21. The first-order valence-corrected chi connectivity index (χ1v) is 8.69. The lowest BCUT2D eigenvalue weighted by atomic mass is 9.98. The highest BCUT2D eigenvalue weighted by atomic mass is 79.9. The second kappa shape index (κ2) is 5.22. The minimum atomic E-state index is 0.904. The van der Waals surface area contributed by atoms with Gasteiger partial charge in [-0.3, -0.25) is 0 Å². The fraction of sp³-hybridized carbons (Fsp3) is 0. The van der Waals surface area contributed by atoms with Crippen LogP contribution in [0, 0.1) is 0 Å². The molecular weight excluding hydrogens is 360 g/mol. The van der Waals surface area contributed by atoms with Gasteiger partial charge in [-0.2, -0.15) is 0 Å². The molecule has 0 aliphatic heterocycles. The Hall–Kier alpha value is -2.58. The molecule has 4 aromatic carbocycles. The van der Waals surface area contributed by atoms with E-state index in [0.717, 1.165) is 26.4 Å². The Labute approximate surface area is 147 Å². The highest BCUT2D eigenvalue weighted by Gasteiger charge is 2.15. The number of halogens is 1.